The molecule has 0 radical (unpaired) electrons. The second-order valence-corrected chi connectivity index (χ2v) is 6.20. The fourth-order valence-electron chi connectivity index (χ4n) is 2.69. The van der Waals surface area contributed by atoms with E-state index in [0.29, 0.717) is 23.4 Å². The molecule has 3 aromatic rings. The van der Waals surface area contributed by atoms with Crippen molar-refractivity contribution in [1.82, 2.24) is 9.78 Å². The van der Waals surface area contributed by atoms with E-state index in [1.54, 1.807) is 25.1 Å². The Bertz CT molecular complexity index is 930. The molecular weight excluding hydrogens is 317 g/mol. The highest BCUT2D eigenvalue weighted by atomic mass is 19.1. The van der Waals surface area contributed by atoms with Crippen LogP contribution in [0, 0.1) is 26.6 Å². The Morgan fingerprint density at radius 3 is 2.60 bits per heavy atom. The molecule has 25 heavy (non-hydrogen) atoms. The van der Waals surface area contributed by atoms with Gasteiger partial charge in [-0.2, -0.15) is 5.10 Å². The molecule has 4 nitrogen and oxygen atoms in total. The largest absolute Gasteiger partial charge is 0.322 e. The van der Waals surface area contributed by atoms with Crippen LogP contribution in [0.2, 0.25) is 0 Å². The lowest BCUT2D eigenvalue weighted by Crippen LogP contribution is -2.13. The van der Waals surface area contributed by atoms with Gasteiger partial charge in [0.15, 0.2) is 0 Å². The maximum Gasteiger partial charge on any atom is 0.255 e. The summed E-state index contributed by atoms with van der Waals surface area (Å²) in [6, 6.07) is 14.0. The molecular formula is C20H20FN3O. The van der Waals surface area contributed by atoms with Crippen molar-refractivity contribution in [2.24, 2.45) is 0 Å². The monoisotopic (exact) mass is 337 g/mol. The summed E-state index contributed by atoms with van der Waals surface area (Å²) in [7, 11) is 0. The van der Waals surface area contributed by atoms with Crippen molar-refractivity contribution in [3.8, 4) is 0 Å². The summed E-state index contributed by atoms with van der Waals surface area (Å²) in [5.41, 5.74) is 4.53. The molecule has 0 aliphatic rings. The van der Waals surface area contributed by atoms with Crippen LogP contribution in [0.1, 0.15) is 32.9 Å². The predicted octanol–water partition coefficient (Wildman–Crippen LogP) is 4.25. The van der Waals surface area contributed by atoms with Crippen LogP contribution < -0.4 is 5.32 Å². The van der Waals surface area contributed by atoms with Crippen LogP contribution in [0.4, 0.5) is 10.1 Å². The maximum absolute atomic E-state index is 13.6. The Morgan fingerprint density at radius 1 is 1.12 bits per heavy atom. The number of nitrogens with zero attached hydrogens (tertiary/aromatic N) is 2. The molecule has 0 spiro atoms. The number of rotatable bonds is 4. The first-order valence-electron chi connectivity index (χ1n) is 8.10. The molecule has 1 amide bonds. The summed E-state index contributed by atoms with van der Waals surface area (Å²) >= 11 is 0. The average Bonchev–Trinajstić information content (AvgIpc) is 2.88. The normalized spacial score (nSPS) is 10.7. The van der Waals surface area contributed by atoms with Gasteiger partial charge in [0, 0.05) is 16.9 Å². The zero-order valence-corrected chi connectivity index (χ0v) is 14.5. The van der Waals surface area contributed by atoms with Gasteiger partial charge in [-0.1, -0.05) is 18.2 Å². The summed E-state index contributed by atoms with van der Waals surface area (Å²) in [5.74, 6) is -0.602. The lowest BCUT2D eigenvalue weighted by Gasteiger charge is -2.09. The first-order chi connectivity index (χ1) is 11.9. The predicted molar refractivity (Wildman–Crippen MR) is 96.3 cm³/mol. The summed E-state index contributed by atoms with van der Waals surface area (Å²) in [6.45, 7) is 6.24. The zero-order valence-electron chi connectivity index (χ0n) is 14.5. The van der Waals surface area contributed by atoms with E-state index in [1.807, 2.05) is 42.8 Å². The van der Waals surface area contributed by atoms with Crippen molar-refractivity contribution >= 4 is 11.6 Å². The Hall–Kier alpha value is -2.95. The van der Waals surface area contributed by atoms with Crippen molar-refractivity contribution in [3.05, 3.63) is 82.4 Å². The van der Waals surface area contributed by atoms with Crippen LogP contribution in [0.3, 0.4) is 0 Å². The SMILES string of the molecule is Cc1cc(C)n(Cc2cccc(C(=O)Nc3ccc(C)c(F)c3)c2)n1. The van der Waals surface area contributed by atoms with E-state index in [0.717, 1.165) is 17.0 Å². The van der Waals surface area contributed by atoms with Gasteiger partial charge in [-0.3, -0.25) is 9.48 Å². The van der Waals surface area contributed by atoms with Crippen molar-refractivity contribution in [1.29, 1.82) is 0 Å². The molecule has 0 saturated carbocycles. The van der Waals surface area contributed by atoms with E-state index < -0.39 is 0 Å². The number of benzene rings is 2. The highest BCUT2D eigenvalue weighted by Crippen LogP contribution is 2.16. The molecule has 0 aliphatic heterocycles. The number of aromatic nitrogens is 2. The molecule has 0 aliphatic carbocycles. The molecule has 1 aromatic heterocycles. The van der Waals surface area contributed by atoms with Gasteiger partial charge >= 0.3 is 0 Å². The Kier molecular flexibility index (Phi) is 4.65. The highest BCUT2D eigenvalue weighted by Gasteiger charge is 2.09. The summed E-state index contributed by atoms with van der Waals surface area (Å²) in [5, 5.41) is 7.17. The lowest BCUT2D eigenvalue weighted by molar-refractivity contribution is 0.102. The molecule has 0 fully saturated rings. The molecule has 1 N–H and O–H groups in total. The minimum atomic E-state index is -0.337. The van der Waals surface area contributed by atoms with Crippen molar-refractivity contribution < 1.29 is 9.18 Å². The van der Waals surface area contributed by atoms with Crippen molar-refractivity contribution in [2.45, 2.75) is 27.3 Å². The third-order valence-corrected chi connectivity index (χ3v) is 4.05. The van der Waals surface area contributed by atoms with Crippen LogP contribution in [0.15, 0.2) is 48.5 Å². The first kappa shape index (κ1) is 16.9. The molecule has 0 bridgehead atoms. The van der Waals surface area contributed by atoms with Gasteiger partial charge < -0.3 is 5.32 Å². The molecule has 0 atom stereocenters. The maximum atomic E-state index is 13.6. The number of aryl methyl sites for hydroxylation is 3. The van der Waals surface area contributed by atoms with E-state index >= 15 is 0 Å². The Balaban J connectivity index is 1.77. The van der Waals surface area contributed by atoms with Gasteiger partial charge in [-0.05, 0) is 62.2 Å². The van der Waals surface area contributed by atoms with Crippen molar-refractivity contribution in [3.63, 3.8) is 0 Å². The number of carbonyl (C=O) groups is 1. The molecule has 0 saturated heterocycles. The minimum Gasteiger partial charge on any atom is -0.322 e. The summed E-state index contributed by atoms with van der Waals surface area (Å²) < 4.78 is 15.5. The number of amides is 1. The van der Waals surface area contributed by atoms with Gasteiger partial charge in [0.2, 0.25) is 0 Å². The number of anilines is 1. The first-order valence-corrected chi connectivity index (χ1v) is 8.10. The second-order valence-electron chi connectivity index (χ2n) is 6.20. The summed E-state index contributed by atoms with van der Waals surface area (Å²) in [4.78, 5) is 12.4. The smallest absolute Gasteiger partial charge is 0.255 e. The fraction of sp³-hybridized carbons (Fsp3) is 0.200. The van der Waals surface area contributed by atoms with Gasteiger partial charge in [0.1, 0.15) is 5.82 Å². The Labute approximate surface area is 146 Å². The standard InChI is InChI=1S/C20H20FN3O/c1-13-7-8-18(11-19(13)21)22-20(25)17-6-4-5-16(10-17)12-24-15(3)9-14(2)23-24/h4-11H,12H2,1-3H3,(H,22,25). The number of nitrogens with one attached hydrogen (secondary N) is 1. The average molecular weight is 337 g/mol. The van der Waals surface area contributed by atoms with Gasteiger partial charge in [0.05, 0.1) is 12.2 Å². The number of hydrogen-bond donors (Lipinski definition) is 1. The van der Waals surface area contributed by atoms with E-state index in [2.05, 4.69) is 10.4 Å². The topological polar surface area (TPSA) is 46.9 Å². The Morgan fingerprint density at radius 2 is 1.92 bits per heavy atom. The van der Waals surface area contributed by atoms with Crippen molar-refractivity contribution in [2.75, 3.05) is 5.32 Å². The molecule has 5 heteroatoms. The third-order valence-electron chi connectivity index (χ3n) is 4.05. The van der Waals surface area contributed by atoms with E-state index in [1.165, 1.54) is 6.07 Å². The molecule has 0 unspecified atom stereocenters. The fourth-order valence-corrected chi connectivity index (χ4v) is 2.69. The van der Waals surface area contributed by atoms with Crippen LogP contribution in [-0.4, -0.2) is 15.7 Å². The molecule has 128 valence electrons. The van der Waals surface area contributed by atoms with Crippen LogP contribution >= 0.6 is 0 Å². The van der Waals surface area contributed by atoms with Crippen LogP contribution in [-0.2, 0) is 6.54 Å². The highest BCUT2D eigenvalue weighted by molar-refractivity contribution is 6.04. The summed E-state index contributed by atoms with van der Waals surface area (Å²) in [6.07, 6.45) is 0. The van der Waals surface area contributed by atoms with E-state index in [9.17, 15) is 9.18 Å². The van der Waals surface area contributed by atoms with E-state index in [4.69, 9.17) is 0 Å². The molecule has 3 rings (SSSR count). The third kappa shape index (κ3) is 3.94. The van der Waals surface area contributed by atoms with E-state index in [-0.39, 0.29) is 11.7 Å². The number of halogens is 1. The van der Waals surface area contributed by atoms with Gasteiger partial charge in [0.25, 0.3) is 5.91 Å². The number of hydrogen-bond acceptors (Lipinski definition) is 2. The van der Waals surface area contributed by atoms with Gasteiger partial charge in [-0.25, -0.2) is 4.39 Å². The molecule has 1 heterocycles. The van der Waals surface area contributed by atoms with Gasteiger partial charge in [-0.15, -0.1) is 0 Å². The second kappa shape index (κ2) is 6.89. The molecule has 2 aromatic carbocycles. The number of carbonyl (C=O) groups excluding carboxylic acids is 1. The van der Waals surface area contributed by atoms with Crippen LogP contribution in [0.5, 0.6) is 0 Å². The quantitative estimate of drug-likeness (QED) is 0.774. The van der Waals surface area contributed by atoms with Crippen LogP contribution in [0.25, 0.3) is 0 Å². The zero-order chi connectivity index (χ0) is 18.0. The lowest BCUT2D eigenvalue weighted by atomic mass is 10.1. The minimum absolute atomic E-state index is 0.265.